The van der Waals surface area contributed by atoms with Crippen LogP contribution in [-0.2, 0) is 16.0 Å². The minimum atomic E-state index is -0.510. The largest absolute Gasteiger partial charge is 0.458 e. The van der Waals surface area contributed by atoms with E-state index < -0.39 is 5.97 Å². The van der Waals surface area contributed by atoms with Crippen molar-refractivity contribution in [1.29, 1.82) is 0 Å². The van der Waals surface area contributed by atoms with Crippen LogP contribution in [0.4, 0.5) is 4.39 Å². The van der Waals surface area contributed by atoms with E-state index in [2.05, 4.69) is 6.58 Å². The van der Waals surface area contributed by atoms with Crippen molar-refractivity contribution < 1.29 is 13.9 Å². The number of hydrogen-bond donors (Lipinski definition) is 1. The van der Waals surface area contributed by atoms with E-state index in [4.69, 9.17) is 10.5 Å². The Morgan fingerprint density at radius 3 is 2.65 bits per heavy atom. The minimum Gasteiger partial charge on any atom is -0.458 e. The highest BCUT2D eigenvalue weighted by molar-refractivity contribution is 5.82. The van der Waals surface area contributed by atoms with Crippen molar-refractivity contribution >= 4 is 5.97 Å². The Labute approximate surface area is 99.4 Å². The second-order valence-corrected chi connectivity index (χ2v) is 3.44. The van der Waals surface area contributed by atoms with Gasteiger partial charge in [0.25, 0.3) is 0 Å². The summed E-state index contributed by atoms with van der Waals surface area (Å²) in [7, 11) is 0. The first-order valence-corrected chi connectivity index (χ1v) is 5.10. The molecular formula is C13H14FNO2. The highest BCUT2D eigenvalue weighted by atomic mass is 19.1. The van der Waals surface area contributed by atoms with Crippen LogP contribution in [0.2, 0.25) is 0 Å². The maximum atomic E-state index is 12.6. The first kappa shape index (κ1) is 13.0. The number of esters is 1. The Kier molecular flexibility index (Phi) is 4.94. The van der Waals surface area contributed by atoms with Gasteiger partial charge in [-0.1, -0.05) is 24.8 Å². The van der Waals surface area contributed by atoms with E-state index in [-0.39, 0.29) is 12.4 Å². The van der Waals surface area contributed by atoms with Gasteiger partial charge in [0.15, 0.2) is 0 Å². The Balaban J connectivity index is 2.56. The lowest BCUT2D eigenvalue weighted by molar-refractivity contribution is -0.136. The van der Waals surface area contributed by atoms with Gasteiger partial charge in [-0.15, -0.1) is 0 Å². The van der Waals surface area contributed by atoms with Gasteiger partial charge in [0.05, 0.1) is 0 Å². The Bertz CT molecular complexity index is 424. The number of carbonyl (C=O) groups excluding carboxylic acids is 1. The van der Waals surface area contributed by atoms with Crippen LogP contribution in [0, 0.1) is 5.82 Å². The van der Waals surface area contributed by atoms with Gasteiger partial charge < -0.3 is 10.5 Å². The third-order valence-corrected chi connectivity index (χ3v) is 1.97. The second-order valence-electron chi connectivity index (χ2n) is 3.44. The summed E-state index contributed by atoms with van der Waals surface area (Å²) in [6.07, 6.45) is 3.07. The first-order valence-electron chi connectivity index (χ1n) is 5.10. The minimum absolute atomic E-state index is 0.152. The smallest absolute Gasteiger partial charge is 0.332 e. The third-order valence-electron chi connectivity index (χ3n) is 1.97. The molecule has 0 spiro atoms. The van der Waals surface area contributed by atoms with Crippen molar-refractivity contribution in [3.63, 3.8) is 0 Å². The normalized spacial score (nSPS) is 11.0. The quantitative estimate of drug-likeness (QED) is 0.482. The van der Waals surface area contributed by atoms with Gasteiger partial charge in [-0.3, -0.25) is 0 Å². The van der Waals surface area contributed by atoms with Gasteiger partial charge in [0.1, 0.15) is 12.4 Å². The van der Waals surface area contributed by atoms with E-state index in [1.807, 2.05) is 0 Å². The molecule has 0 saturated carbocycles. The maximum absolute atomic E-state index is 12.6. The summed E-state index contributed by atoms with van der Waals surface area (Å²) in [4.78, 5) is 11.2. The van der Waals surface area contributed by atoms with Gasteiger partial charge in [-0.05, 0) is 17.7 Å². The molecule has 0 aliphatic heterocycles. The fourth-order valence-corrected chi connectivity index (χ4v) is 1.22. The lowest BCUT2D eigenvalue weighted by Crippen LogP contribution is -2.08. The summed E-state index contributed by atoms with van der Waals surface area (Å²) >= 11 is 0. The highest BCUT2D eigenvalue weighted by Gasteiger charge is 2.01. The molecule has 0 heterocycles. The summed E-state index contributed by atoms with van der Waals surface area (Å²) < 4.78 is 17.4. The van der Waals surface area contributed by atoms with Crippen molar-refractivity contribution in [2.24, 2.45) is 5.73 Å². The molecule has 0 aromatic heterocycles. The van der Waals surface area contributed by atoms with E-state index in [0.717, 1.165) is 5.56 Å². The number of benzene rings is 1. The standard InChI is InChI=1S/C13H14FNO2/c1-2-7-17-13(16)9-12(15)8-10-3-5-11(14)6-4-10/h2-6,9H,1,7-8,15H2/b12-9-. The van der Waals surface area contributed by atoms with Crippen molar-refractivity contribution in [2.45, 2.75) is 6.42 Å². The number of nitrogens with two attached hydrogens (primary N) is 1. The zero-order valence-electron chi connectivity index (χ0n) is 9.36. The van der Waals surface area contributed by atoms with Crippen molar-refractivity contribution in [3.05, 3.63) is 60.1 Å². The number of allylic oxidation sites excluding steroid dienone is 1. The molecule has 1 aromatic rings. The Morgan fingerprint density at radius 2 is 2.06 bits per heavy atom. The molecule has 3 nitrogen and oxygen atoms in total. The van der Waals surface area contributed by atoms with Gasteiger partial charge in [-0.2, -0.15) is 0 Å². The molecule has 0 aliphatic rings. The van der Waals surface area contributed by atoms with Crippen LogP contribution in [0.5, 0.6) is 0 Å². The molecule has 0 bridgehead atoms. The third kappa shape index (κ3) is 4.97. The summed E-state index contributed by atoms with van der Waals surface area (Å²) in [6, 6.07) is 5.92. The molecule has 0 unspecified atom stereocenters. The van der Waals surface area contributed by atoms with E-state index in [9.17, 15) is 9.18 Å². The van der Waals surface area contributed by atoms with E-state index in [1.54, 1.807) is 12.1 Å². The summed E-state index contributed by atoms with van der Waals surface area (Å²) in [5.74, 6) is -0.814. The second kappa shape index (κ2) is 6.48. The molecule has 0 radical (unpaired) electrons. The lowest BCUT2D eigenvalue weighted by Gasteiger charge is -2.02. The van der Waals surface area contributed by atoms with Crippen molar-refractivity contribution in [2.75, 3.05) is 6.61 Å². The van der Waals surface area contributed by atoms with Crippen LogP contribution in [0.25, 0.3) is 0 Å². The molecule has 90 valence electrons. The maximum Gasteiger partial charge on any atom is 0.332 e. The molecule has 1 aromatic carbocycles. The predicted molar refractivity (Wildman–Crippen MR) is 63.5 cm³/mol. The zero-order valence-corrected chi connectivity index (χ0v) is 9.36. The highest BCUT2D eigenvalue weighted by Crippen LogP contribution is 2.06. The Morgan fingerprint density at radius 1 is 1.41 bits per heavy atom. The van der Waals surface area contributed by atoms with Crippen LogP contribution in [0.15, 0.2) is 48.7 Å². The fraction of sp³-hybridized carbons (Fsp3) is 0.154. The summed E-state index contributed by atoms with van der Waals surface area (Å²) in [5.41, 5.74) is 6.85. The average molecular weight is 235 g/mol. The molecule has 1 rings (SSSR count). The molecule has 17 heavy (non-hydrogen) atoms. The topological polar surface area (TPSA) is 52.3 Å². The van der Waals surface area contributed by atoms with Crippen molar-refractivity contribution in [1.82, 2.24) is 0 Å². The van der Waals surface area contributed by atoms with Crippen LogP contribution in [0.3, 0.4) is 0 Å². The number of ether oxygens (including phenoxy) is 1. The molecule has 2 N–H and O–H groups in total. The first-order chi connectivity index (χ1) is 8.11. The van der Waals surface area contributed by atoms with Gasteiger partial charge >= 0.3 is 5.97 Å². The van der Waals surface area contributed by atoms with E-state index in [0.29, 0.717) is 12.1 Å². The lowest BCUT2D eigenvalue weighted by atomic mass is 10.1. The van der Waals surface area contributed by atoms with E-state index in [1.165, 1.54) is 24.3 Å². The van der Waals surface area contributed by atoms with Crippen LogP contribution < -0.4 is 5.73 Å². The molecular weight excluding hydrogens is 221 g/mol. The van der Waals surface area contributed by atoms with Crippen LogP contribution >= 0.6 is 0 Å². The fourth-order valence-electron chi connectivity index (χ4n) is 1.22. The predicted octanol–water partition coefficient (Wildman–Crippen LogP) is 1.94. The zero-order chi connectivity index (χ0) is 12.7. The number of carbonyl (C=O) groups is 1. The molecule has 0 atom stereocenters. The monoisotopic (exact) mass is 235 g/mol. The number of hydrogen-bond acceptors (Lipinski definition) is 3. The van der Waals surface area contributed by atoms with Gasteiger partial charge in [0, 0.05) is 18.2 Å². The summed E-state index contributed by atoms with van der Waals surface area (Å²) in [6.45, 7) is 3.58. The van der Waals surface area contributed by atoms with E-state index >= 15 is 0 Å². The average Bonchev–Trinajstić information content (AvgIpc) is 2.29. The number of halogens is 1. The molecule has 0 aliphatic carbocycles. The Hall–Kier alpha value is -2.10. The van der Waals surface area contributed by atoms with Gasteiger partial charge in [-0.25, -0.2) is 9.18 Å². The SMILES string of the molecule is C=CCOC(=O)/C=C(\N)Cc1ccc(F)cc1. The van der Waals surface area contributed by atoms with Gasteiger partial charge in [0.2, 0.25) is 0 Å². The van der Waals surface area contributed by atoms with Crippen molar-refractivity contribution in [3.8, 4) is 0 Å². The van der Waals surface area contributed by atoms with Crippen LogP contribution in [-0.4, -0.2) is 12.6 Å². The number of rotatable bonds is 5. The van der Waals surface area contributed by atoms with Crippen LogP contribution in [0.1, 0.15) is 5.56 Å². The summed E-state index contributed by atoms with van der Waals surface area (Å²) in [5, 5.41) is 0. The molecule has 0 fully saturated rings. The molecule has 0 amide bonds. The molecule has 4 heteroatoms. The molecule has 0 saturated heterocycles.